The van der Waals surface area contributed by atoms with E-state index < -0.39 is 0 Å². The van der Waals surface area contributed by atoms with Crippen LogP contribution in [0, 0.1) is 17.3 Å². The molecule has 0 heterocycles. The summed E-state index contributed by atoms with van der Waals surface area (Å²) >= 11 is 0. The molecule has 3 nitrogen and oxygen atoms in total. The molecular weight excluding hydrogens is 324 g/mol. The van der Waals surface area contributed by atoms with Gasteiger partial charge in [0.2, 0.25) is 0 Å². The van der Waals surface area contributed by atoms with Crippen molar-refractivity contribution in [1.82, 2.24) is 0 Å². The third-order valence-electron chi connectivity index (χ3n) is 5.30. The lowest BCUT2D eigenvalue weighted by atomic mass is 9.69. The molecule has 0 aliphatic heterocycles. The Bertz CT molecular complexity index is 548. The van der Waals surface area contributed by atoms with Crippen LogP contribution >= 0.6 is 0 Å². The Kier molecular flexibility index (Phi) is 9.61. The van der Waals surface area contributed by atoms with Crippen molar-refractivity contribution in [3.63, 3.8) is 0 Å². The second-order valence-electron chi connectivity index (χ2n) is 8.21. The Labute approximate surface area is 159 Å². The van der Waals surface area contributed by atoms with Crippen LogP contribution in [0.25, 0.3) is 0 Å². The molecule has 0 aliphatic rings. The highest BCUT2D eigenvalue weighted by atomic mass is 16.5. The average molecular weight is 361 g/mol. The lowest BCUT2D eigenvalue weighted by Crippen LogP contribution is -2.36. The summed E-state index contributed by atoms with van der Waals surface area (Å²) in [7, 11) is 0. The maximum absolute atomic E-state index is 12.5. The Morgan fingerprint density at radius 2 is 1.73 bits per heavy atom. The molecule has 0 N–H and O–H groups in total. The molecule has 3 heteroatoms. The summed E-state index contributed by atoms with van der Waals surface area (Å²) in [5.41, 5.74) is 0.283. The normalized spacial score (nSPS) is 13.7. The molecular formula is C23H36O3. The molecule has 1 rings (SSSR count). The molecule has 146 valence electrons. The highest BCUT2D eigenvalue weighted by molar-refractivity contribution is 5.89. The molecule has 1 unspecified atom stereocenters. The van der Waals surface area contributed by atoms with E-state index in [1.165, 1.54) is 0 Å². The number of ether oxygens (including phenoxy) is 1. The summed E-state index contributed by atoms with van der Waals surface area (Å²) < 4.78 is 5.70. The number of esters is 1. The van der Waals surface area contributed by atoms with Crippen LogP contribution in [0.3, 0.4) is 0 Å². The molecule has 0 radical (unpaired) electrons. The fourth-order valence-corrected chi connectivity index (χ4v) is 3.17. The summed E-state index contributed by atoms with van der Waals surface area (Å²) in [6.07, 6.45) is 5.01. The first kappa shape index (κ1) is 22.4. The Hall–Kier alpha value is -1.64. The van der Waals surface area contributed by atoms with E-state index in [1.54, 1.807) is 12.1 Å². The lowest BCUT2D eigenvalue weighted by Gasteiger charge is -2.37. The van der Waals surface area contributed by atoms with Crippen molar-refractivity contribution in [2.45, 2.75) is 73.1 Å². The van der Waals surface area contributed by atoms with Gasteiger partial charge in [0.05, 0.1) is 12.2 Å². The standard InChI is InChI=1S/C23H36O3/c1-6-7-13-21(24)16-23(19(4)5,15-14-18(2)3)17-26-22(25)20-11-9-8-10-12-20/h8-12,18-19H,6-7,13-17H2,1-5H3. The van der Waals surface area contributed by atoms with Gasteiger partial charge in [0, 0.05) is 18.3 Å². The van der Waals surface area contributed by atoms with E-state index in [0.29, 0.717) is 36.7 Å². The van der Waals surface area contributed by atoms with Crippen molar-refractivity contribution < 1.29 is 14.3 Å². The number of rotatable bonds is 12. The van der Waals surface area contributed by atoms with Crippen molar-refractivity contribution >= 4 is 11.8 Å². The Morgan fingerprint density at radius 1 is 1.08 bits per heavy atom. The van der Waals surface area contributed by atoms with E-state index in [0.717, 1.165) is 25.7 Å². The summed E-state index contributed by atoms with van der Waals surface area (Å²) in [5.74, 6) is 0.820. The molecule has 26 heavy (non-hydrogen) atoms. The van der Waals surface area contributed by atoms with Gasteiger partial charge in [-0.15, -0.1) is 0 Å². The lowest BCUT2D eigenvalue weighted by molar-refractivity contribution is -0.123. The van der Waals surface area contributed by atoms with Crippen LogP contribution in [-0.4, -0.2) is 18.4 Å². The van der Waals surface area contributed by atoms with Crippen LogP contribution in [0.4, 0.5) is 0 Å². The number of ketones is 1. The monoisotopic (exact) mass is 360 g/mol. The van der Waals surface area contributed by atoms with Gasteiger partial charge < -0.3 is 4.74 Å². The van der Waals surface area contributed by atoms with Gasteiger partial charge in [-0.05, 0) is 36.8 Å². The zero-order valence-electron chi connectivity index (χ0n) is 17.2. The zero-order chi connectivity index (χ0) is 19.6. The van der Waals surface area contributed by atoms with Gasteiger partial charge in [-0.25, -0.2) is 4.79 Å². The van der Waals surface area contributed by atoms with Gasteiger partial charge in [0.25, 0.3) is 0 Å². The van der Waals surface area contributed by atoms with Crippen molar-refractivity contribution in [1.29, 1.82) is 0 Å². The molecule has 1 aromatic carbocycles. The number of benzene rings is 1. The van der Waals surface area contributed by atoms with Gasteiger partial charge in [-0.1, -0.05) is 65.7 Å². The minimum Gasteiger partial charge on any atom is -0.461 e. The predicted octanol–water partition coefficient (Wildman–Crippen LogP) is 6.07. The highest BCUT2D eigenvalue weighted by Crippen LogP contribution is 2.39. The maximum atomic E-state index is 12.5. The number of unbranched alkanes of at least 4 members (excludes halogenated alkanes) is 1. The van der Waals surface area contributed by atoms with Crippen LogP contribution in [0.15, 0.2) is 30.3 Å². The zero-order valence-corrected chi connectivity index (χ0v) is 17.2. The quantitative estimate of drug-likeness (QED) is 0.425. The molecule has 1 aromatic rings. The van der Waals surface area contributed by atoms with Gasteiger partial charge in [0.1, 0.15) is 5.78 Å². The van der Waals surface area contributed by atoms with Gasteiger partial charge in [0.15, 0.2) is 0 Å². The minimum atomic E-state index is -0.304. The molecule has 0 saturated heterocycles. The second kappa shape index (κ2) is 11.2. The number of carbonyl (C=O) groups excluding carboxylic acids is 2. The minimum absolute atomic E-state index is 0.274. The highest BCUT2D eigenvalue weighted by Gasteiger charge is 2.37. The topological polar surface area (TPSA) is 43.4 Å². The molecule has 1 atom stereocenters. The van der Waals surface area contributed by atoms with Crippen LogP contribution in [-0.2, 0) is 9.53 Å². The first-order chi connectivity index (χ1) is 12.3. The SMILES string of the molecule is CCCCC(=O)CC(CCC(C)C)(COC(=O)c1ccccc1)C(C)C. The first-order valence-corrected chi connectivity index (χ1v) is 10.0. The largest absolute Gasteiger partial charge is 0.461 e. The molecule has 0 aliphatic carbocycles. The molecule has 0 saturated carbocycles. The summed E-state index contributed by atoms with van der Waals surface area (Å²) in [6, 6.07) is 9.07. The van der Waals surface area contributed by atoms with Gasteiger partial charge >= 0.3 is 5.97 Å². The van der Waals surface area contributed by atoms with Gasteiger partial charge in [-0.2, -0.15) is 0 Å². The number of hydrogen-bond donors (Lipinski definition) is 0. The Balaban J connectivity index is 2.89. The smallest absolute Gasteiger partial charge is 0.338 e. The van der Waals surface area contributed by atoms with Crippen molar-refractivity contribution in [2.75, 3.05) is 6.61 Å². The fraction of sp³-hybridized carbons (Fsp3) is 0.652. The molecule has 0 spiro atoms. The van der Waals surface area contributed by atoms with Gasteiger partial charge in [-0.3, -0.25) is 4.79 Å². The van der Waals surface area contributed by atoms with Crippen LogP contribution in [0.5, 0.6) is 0 Å². The predicted molar refractivity (Wildman–Crippen MR) is 107 cm³/mol. The first-order valence-electron chi connectivity index (χ1n) is 10.0. The number of Topliss-reactive ketones (excluding diaryl/α,β-unsaturated/α-hetero) is 1. The molecule has 0 bridgehead atoms. The van der Waals surface area contributed by atoms with Crippen LogP contribution < -0.4 is 0 Å². The van der Waals surface area contributed by atoms with E-state index in [9.17, 15) is 9.59 Å². The van der Waals surface area contributed by atoms with Crippen molar-refractivity contribution in [3.8, 4) is 0 Å². The second-order valence-corrected chi connectivity index (χ2v) is 8.21. The van der Waals surface area contributed by atoms with Crippen molar-refractivity contribution in [3.05, 3.63) is 35.9 Å². The number of carbonyl (C=O) groups is 2. The Morgan fingerprint density at radius 3 is 2.27 bits per heavy atom. The average Bonchev–Trinajstić information content (AvgIpc) is 2.62. The number of hydrogen-bond acceptors (Lipinski definition) is 3. The maximum Gasteiger partial charge on any atom is 0.338 e. The summed E-state index contributed by atoms with van der Waals surface area (Å²) in [5, 5.41) is 0. The molecule has 0 fully saturated rings. The summed E-state index contributed by atoms with van der Waals surface area (Å²) in [6.45, 7) is 11.1. The fourth-order valence-electron chi connectivity index (χ4n) is 3.17. The van der Waals surface area contributed by atoms with E-state index in [4.69, 9.17) is 4.74 Å². The van der Waals surface area contributed by atoms with E-state index in [-0.39, 0.29) is 17.3 Å². The van der Waals surface area contributed by atoms with E-state index >= 15 is 0 Å². The van der Waals surface area contributed by atoms with Crippen LogP contribution in [0.1, 0.15) is 83.5 Å². The van der Waals surface area contributed by atoms with E-state index in [1.807, 2.05) is 18.2 Å². The summed E-state index contributed by atoms with van der Waals surface area (Å²) in [4.78, 5) is 24.9. The molecule has 0 aromatic heterocycles. The van der Waals surface area contributed by atoms with Crippen LogP contribution in [0.2, 0.25) is 0 Å². The third-order valence-corrected chi connectivity index (χ3v) is 5.30. The van der Waals surface area contributed by atoms with Crippen molar-refractivity contribution in [2.24, 2.45) is 17.3 Å². The third kappa shape index (κ3) is 7.31. The van der Waals surface area contributed by atoms with E-state index in [2.05, 4.69) is 34.6 Å². The molecule has 0 amide bonds.